The van der Waals surface area contributed by atoms with Gasteiger partial charge in [-0.1, -0.05) is 149 Å². The highest BCUT2D eigenvalue weighted by atomic mass is 15.1. The molecule has 1 N–H and O–H groups in total. The number of nitrogens with zero attached hydrogens (tertiary/aromatic N) is 3. The number of amidine groups is 1. The molecule has 0 saturated heterocycles. The fourth-order valence-corrected chi connectivity index (χ4v) is 9.86. The number of aliphatic imine (C=N–C) groups is 2. The van der Waals surface area contributed by atoms with Crippen LogP contribution in [0.5, 0.6) is 0 Å². The van der Waals surface area contributed by atoms with Crippen molar-refractivity contribution in [2.45, 2.75) is 72.0 Å². The Balaban J connectivity index is 1.24. The monoisotopic (exact) mass is 818 g/mol. The van der Waals surface area contributed by atoms with Crippen LogP contribution in [0.3, 0.4) is 0 Å². The van der Waals surface area contributed by atoms with Gasteiger partial charge in [-0.3, -0.25) is 9.98 Å². The second-order valence-electron chi connectivity index (χ2n) is 16.9. The molecule has 310 valence electrons. The molecule has 2 aliphatic rings. The topological polar surface area (TPSA) is 41.7 Å². The number of allylic oxidation sites excluding steroid dienone is 2. The first kappa shape index (κ1) is 41.1. The third kappa shape index (κ3) is 7.28. The van der Waals surface area contributed by atoms with E-state index < -0.39 is 6.17 Å². The summed E-state index contributed by atoms with van der Waals surface area (Å²) >= 11 is 0. The Kier molecular flexibility index (Phi) is 11.3. The number of hydrogen-bond donors (Lipinski definition) is 1. The van der Waals surface area contributed by atoms with Crippen molar-refractivity contribution in [3.63, 3.8) is 0 Å². The maximum atomic E-state index is 5.15. The Bertz CT molecular complexity index is 3350. The lowest BCUT2D eigenvalue weighted by molar-refractivity contribution is 0.660. The number of benzene rings is 6. The molecule has 0 spiro atoms. The van der Waals surface area contributed by atoms with Gasteiger partial charge < -0.3 is 9.88 Å². The summed E-state index contributed by atoms with van der Waals surface area (Å²) in [7, 11) is 0. The van der Waals surface area contributed by atoms with Crippen molar-refractivity contribution in [1.29, 1.82) is 0 Å². The van der Waals surface area contributed by atoms with Crippen LogP contribution >= 0.6 is 0 Å². The van der Waals surface area contributed by atoms with Crippen molar-refractivity contribution in [3.05, 3.63) is 183 Å². The number of nitrogens with one attached hydrogen (secondary N) is 1. The highest BCUT2D eigenvalue weighted by molar-refractivity contribution is 6.14. The molecule has 0 saturated carbocycles. The number of fused-ring (bicyclic) bond motifs is 7. The first-order valence-corrected chi connectivity index (χ1v) is 22.2. The van der Waals surface area contributed by atoms with Crippen molar-refractivity contribution in [2.24, 2.45) is 9.98 Å². The first-order chi connectivity index (χ1) is 30.8. The van der Waals surface area contributed by atoms with E-state index in [1.165, 1.54) is 76.1 Å². The molecule has 1 atom stereocenters. The molecule has 6 aromatic carbocycles. The minimum absolute atomic E-state index is 0.112. The highest BCUT2D eigenvalue weighted by Crippen LogP contribution is 2.50. The van der Waals surface area contributed by atoms with Crippen LogP contribution in [0.15, 0.2) is 150 Å². The molecule has 4 heteroatoms. The number of rotatable bonds is 10. The largest absolute Gasteiger partial charge is 0.344 e. The molecule has 0 aliphatic heterocycles. The molecule has 7 aromatic rings. The summed E-state index contributed by atoms with van der Waals surface area (Å²) < 4.78 is 2.52. The molecule has 0 fully saturated rings. The summed E-state index contributed by atoms with van der Waals surface area (Å²) in [6, 6.07) is 42.4. The van der Waals surface area contributed by atoms with Crippen LogP contribution < -0.4 is 26.2 Å². The Morgan fingerprint density at radius 1 is 0.889 bits per heavy atom. The third-order valence-electron chi connectivity index (χ3n) is 12.8. The summed E-state index contributed by atoms with van der Waals surface area (Å²) in [6.07, 6.45) is 15.7. The van der Waals surface area contributed by atoms with Crippen molar-refractivity contribution in [2.75, 3.05) is 0 Å². The Morgan fingerprint density at radius 3 is 2.40 bits per heavy atom. The van der Waals surface area contributed by atoms with Gasteiger partial charge in [0.15, 0.2) is 6.17 Å². The maximum absolute atomic E-state index is 5.15. The van der Waals surface area contributed by atoms with E-state index in [1.54, 1.807) is 6.08 Å². The molecule has 1 aromatic heterocycles. The van der Waals surface area contributed by atoms with E-state index >= 15 is 0 Å². The average molecular weight is 819 g/mol. The lowest BCUT2D eigenvalue weighted by atomic mass is 9.81. The van der Waals surface area contributed by atoms with Crippen LogP contribution in [0.4, 0.5) is 0 Å². The highest BCUT2D eigenvalue weighted by Gasteiger charge is 2.35. The molecule has 63 heavy (non-hydrogen) atoms. The van der Waals surface area contributed by atoms with Crippen LogP contribution in [-0.2, 0) is 12.0 Å². The molecular weight excluding hydrogens is 765 g/mol. The van der Waals surface area contributed by atoms with Crippen molar-refractivity contribution < 1.29 is 0 Å². The second kappa shape index (κ2) is 17.3. The minimum atomic E-state index is -0.477. The normalized spacial score (nSPS) is 15.1. The molecule has 9 rings (SSSR count). The number of aromatic nitrogens is 1. The standard InChI is InChI=1S/C59H54N4/c1-8-19-41(20-9-2)57(60-7)62-58(42-22-13-12-14-23-42)61-38-39-28-32-45(33-29-39)63-53-35-31-40(11-4)46(21-10-3)55(53)50-36-43-24-15-16-25-47(43)54(56(50)63)44-30-34-49-48-26-17-18-27-51(48)59(5,6)52(49)37-44/h8,11-14,17-19,21-37,57H,1,7,10,15-16,38H2,2-6H3,(H,61,62)/b40-11-,41-19+,46-21+. The molecule has 4 nitrogen and oxygen atoms in total. The van der Waals surface area contributed by atoms with Crippen molar-refractivity contribution in [3.8, 4) is 39.8 Å². The van der Waals surface area contributed by atoms with E-state index in [0.717, 1.165) is 47.5 Å². The van der Waals surface area contributed by atoms with Gasteiger partial charge in [0.1, 0.15) is 5.84 Å². The summed E-state index contributed by atoms with van der Waals surface area (Å²) in [5.41, 5.74) is 14.3. The van der Waals surface area contributed by atoms with E-state index in [-0.39, 0.29) is 5.41 Å². The van der Waals surface area contributed by atoms with Crippen LogP contribution in [0.25, 0.3) is 74.1 Å². The van der Waals surface area contributed by atoms with E-state index in [0.29, 0.717) is 6.54 Å². The van der Waals surface area contributed by atoms with Crippen LogP contribution in [0.2, 0.25) is 0 Å². The quantitative estimate of drug-likeness (QED) is 0.0635. The van der Waals surface area contributed by atoms with Gasteiger partial charge in [0.05, 0.1) is 17.6 Å². The molecule has 1 unspecified atom stereocenters. The maximum Gasteiger partial charge on any atom is 0.152 e. The Hall–Kier alpha value is -7.22. The first-order valence-electron chi connectivity index (χ1n) is 22.2. The summed E-state index contributed by atoms with van der Waals surface area (Å²) in [5.74, 6) is 6.87. The predicted molar refractivity (Wildman–Crippen MR) is 270 cm³/mol. The van der Waals surface area contributed by atoms with Gasteiger partial charge in [0.25, 0.3) is 0 Å². The molecular formula is C59H54N4. The van der Waals surface area contributed by atoms with Gasteiger partial charge in [-0.2, -0.15) is 0 Å². The predicted octanol–water partition coefficient (Wildman–Crippen LogP) is 10.8. The van der Waals surface area contributed by atoms with Gasteiger partial charge in [-0.15, -0.1) is 5.92 Å². The zero-order chi connectivity index (χ0) is 43.7. The zero-order valence-electron chi connectivity index (χ0n) is 37.1. The van der Waals surface area contributed by atoms with Crippen molar-refractivity contribution in [1.82, 2.24) is 9.88 Å². The van der Waals surface area contributed by atoms with E-state index in [4.69, 9.17) is 4.99 Å². The van der Waals surface area contributed by atoms with Gasteiger partial charge in [0.2, 0.25) is 0 Å². The number of hydrogen-bond acceptors (Lipinski definition) is 2. The fraction of sp³-hybridized carbons (Fsp3) is 0.186. The van der Waals surface area contributed by atoms with E-state index in [9.17, 15) is 0 Å². The SMILES string of the molecule is C=C/C=C(\C#CC)C(N=C)NC(=NCc1ccc(-n2c3ccc(=C/C)/c(=C\CC)c3c3cc4c(c(-c5ccc6c(c5)C(C)(C)c5ccccc5-6)c32)=CCCC=4)cc1)c1ccccc1. The average Bonchev–Trinajstić information content (AvgIpc) is 3.76. The summed E-state index contributed by atoms with van der Waals surface area (Å²) in [4.78, 5) is 9.53. The summed E-state index contributed by atoms with van der Waals surface area (Å²) in [6.45, 7) is 19.2. The molecule has 0 amide bonds. The summed E-state index contributed by atoms with van der Waals surface area (Å²) in [5, 5.41) is 11.3. The van der Waals surface area contributed by atoms with Crippen LogP contribution in [0, 0.1) is 11.8 Å². The van der Waals surface area contributed by atoms with Gasteiger partial charge in [0, 0.05) is 38.6 Å². The van der Waals surface area contributed by atoms with Crippen LogP contribution in [0.1, 0.15) is 76.1 Å². The van der Waals surface area contributed by atoms with Gasteiger partial charge in [-0.05, 0) is 130 Å². The fourth-order valence-electron chi connectivity index (χ4n) is 9.86. The lowest BCUT2D eigenvalue weighted by Crippen LogP contribution is -2.35. The van der Waals surface area contributed by atoms with E-state index in [1.807, 2.05) is 31.2 Å². The molecule has 2 aliphatic carbocycles. The zero-order valence-corrected chi connectivity index (χ0v) is 37.1. The van der Waals surface area contributed by atoms with Crippen LogP contribution in [-0.4, -0.2) is 23.3 Å². The molecule has 0 radical (unpaired) electrons. The lowest BCUT2D eigenvalue weighted by Gasteiger charge is -2.22. The molecule has 1 heterocycles. The van der Waals surface area contributed by atoms with Gasteiger partial charge >= 0.3 is 0 Å². The Labute approximate surface area is 371 Å². The van der Waals surface area contributed by atoms with E-state index in [2.05, 4.69) is 189 Å². The molecule has 0 bridgehead atoms. The van der Waals surface area contributed by atoms with Crippen molar-refractivity contribution >= 4 is 58.7 Å². The van der Waals surface area contributed by atoms with Gasteiger partial charge in [-0.25, -0.2) is 0 Å². The third-order valence-corrected chi connectivity index (χ3v) is 12.8. The Morgan fingerprint density at radius 2 is 1.65 bits per heavy atom. The smallest absolute Gasteiger partial charge is 0.152 e. The minimum Gasteiger partial charge on any atom is -0.344 e. The second-order valence-corrected chi connectivity index (χ2v) is 16.9.